The maximum atomic E-state index is 12.2. The zero-order chi connectivity index (χ0) is 18.0. The fraction of sp³-hybridized carbons (Fsp3) is 0.895. The van der Waals surface area contributed by atoms with Crippen LogP contribution in [-0.4, -0.2) is 78.1 Å². The first kappa shape index (κ1) is 18.5. The molecule has 0 spiro atoms. The second kappa shape index (κ2) is 7.94. The van der Waals surface area contributed by atoms with Crippen LogP contribution in [0, 0.1) is 11.8 Å². The first-order valence-corrected chi connectivity index (χ1v) is 10.0. The Bertz CT molecular complexity index is 488. The fourth-order valence-electron chi connectivity index (χ4n) is 4.92. The summed E-state index contributed by atoms with van der Waals surface area (Å²) in [7, 11) is 0. The lowest BCUT2D eigenvalue weighted by atomic mass is 9.74. The Kier molecular flexibility index (Phi) is 5.87. The summed E-state index contributed by atoms with van der Waals surface area (Å²) in [6.07, 6.45) is 3.94. The Balaban J connectivity index is 1.47. The molecule has 4 rings (SSSR count). The minimum absolute atomic E-state index is 0.137. The third kappa shape index (κ3) is 3.78. The van der Waals surface area contributed by atoms with Crippen molar-refractivity contribution in [2.75, 3.05) is 39.3 Å². The van der Waals surface area contributed by atoms with Crippen molar-refractivity contribution in [1.82, 2.24) is 14.7 Å². The Morgan fingerprint density at radius 2 is 1.80 bits per heavy atom. The lowest BCUT2D eigenvalue weighted by molar-refractivity contribution is -0.134. The van der Waals surface area contributed by atoms with Gasteiger partial charge in [-0.25, -0.2) is 4.79 Å². The molecule has 3 heterocycles. The number of carbonyl (C=O) groups excluding carboxylic acids is 2. The maximum absolute atomic E-state index is 12.2. The standard InChI is InChI=1S/C19H33N3O3/c1-4-20(5-2)18(23)9-14-11-21(12-14)17-10-16-8-7-15(17)13-22(16)19(24)25-6-3/h14-17H,4-13H2,1-3H3. The molecule has 3 atom stereocenters. The molecule has 3 aliphatic heterocycles. The summed E-state index contributed by atoms with van der Waals surface area (Å²) in [6.45, 7) is 10.9. The summed E-state index contributed by atoms with van der Waals surface area (Å²) < 4.78 is 5.21. The topological polar surface area (TPSA) is 53.1 Å². The van der Waals surface area contributed by atoms with Gasteiger partial charge in [0.05, 0.1) is 6.61 Å². The molecule has 2 amide bonds. The molecule has 3 unspecified atom stereocenters. The Morgan fingerprint density at radius 3 is 2.36 bits per heavy atom. The molecule has 6 nitrogen and oxygen atoms in total. The van der Waals surface area contributed by atoms with Crippen LogP contribution in [0.25, 0.3) is 0 Å². The predicted octanol–water partition coefficient (Wildman–Crippen LogP) is 2.19. The second-order valence-corrected chi connectivity index (χ2v) is 7.74. The Labute approximate surface area is 151 Å². The van der Waals surface area contributed by atoms with Crippen LogP contribution < -0.4 is 0 Å². The van der Waals surface area contributed by atoms with Gasteiger partial charge in [-0.15, -0.1) is 0 Å². The van der Waals surface area contributed by atoms with Crippen molar-refractivity contribution in [2.45, 2.75) is 58.5 Å². The third-order valence-electron chi connectivity index (χ3n) is 6.34. The lowest BCUT2D eigenvalue weighted by Crippen LogP contribution is -2.64. The van der Waals surface area contributed by atoms with Gasteiger partial charge in [0.2, 0.25) is 5.91 Å². The summed E-state index contributed by atoms with van der Waals surface area (Å²) in [5, 5.41) is 0. The van der Waals surface area contributed by atoms with Crippen molar-refractivity contribution >= 4 is 12.0 Å². The summed E-state index contributed by atoms with van der Waals surface area (Å²) in [4.78, 5) is 30.8. The third-order valence-corrected chi connectivity index (χ3v) is 6.34. The van der Waals surface area contributed by atoms with E-state index < -0.39 is 0 Å². The van der Waals surface area contributed by atoms with Gasteiger partial charge in [0.15, 0.2) is 0 Å². The Hall–Kier alpha value is -1.30. The second-order valence-electron chi connectivity index (χ2n) is 7.74. The molecule has 6 heteroatoms. The highest BCUT2D eigenvalue weighted by atomic mass is 16.6. The number of likely N-dealkylation sites (tertiary alicyclic amines) is 1. The molecule has 2 bridgehead atoms. The molecule has 0 aromatic heterocycles. The molecule has 4 aliphatic rings. The number of nitrogens with zero attached hydrogens (tertiary/aromatic N) is 3. The molecule has 142 valence electrons. The van der Waals surface area contributed by atoms with Gasteiger partial charge in [-0.1, -0.05) is 0 Å². The van der Waals surface area contributed by atoms with Crippen LogP contribution in [0.3, 0.4) is 0 Å². The molecule has 1 saturated carbocycles. The molecule has 25 heavy (non-hydrogen) atoms. The average Bonchev–Trinajstić information content (AvgIpc) is 2.59. The molecule has 3 saturated heterocycles. The van der Waals surface area contributed by atoms with Crippen molar-refractivity contribution in [1.29, 1.82) is 0 Å². The predicted molar refractivity (Wildman–Crippen MR) is 96.3 cm³/mol. The molecular formula is C19H33N3O3. The van der Waals surface area contributed by atoms with Gasteiger partial charge in [-0.05, 0) is 51.9 Å². The highest BCUT2D eigenvalue weighted by Gasteiger charge is 2.47. The van der Waals surface area contributed by atoms with E-state index >= 15 is 0 Å². The number of ether oxygens (including phenoxy) is 1. The van der Waals surface area contributed by atoms with Gasteiger partial charge < -0.3 is 14.5 Å². The van der Waals surface area contributed by atoms with Gasteiger partial charge in [-0.3, -0.25) is 9.69 Å². The Morgan fingerprint density at radius 1 is 1.08 bits per heavy atom. The van der Waals surface area contributed by atoms with E-state index in [4.69, 9.17) is 4.74 Å². The lowest BCUT2D eigenvalue weighted by Gasteiger charge is -2.55. The van der Waals surface area contributed by atoms with E-state index in [0.29, 0.717) is 42.9 Å². The monoisotopic (exact) mass is 351 g/mol. The van der Waals surface area contributed by atoms with E-state index in [1.165, 1.54) is 6.42 Å². The van der Waals surface area contributed by atoms with Crippen molar-refractivity contribution in [3.8, 4) is 0 Å². The maximum Gasteiger partial charge on any atom is 0.410 e. The van der Waals surface area contributed by atoms with Gasteiger partial charge >= 0.3 is 6.09 Å². The highest BCUT2D eigenvalue weighted by molar-refractivity contribution is 5.76. The number of hydrogen-bond donors (Lipinski definition) is 0. The summed E-state index contributed by atoms with van der Waals surface area (Å²) >= 11 is 0. The normalized spacial score (nSPS) is 29.4. The van der Waals surface area contributed by atoms with Crippen molar-refractivity contribution in [2.24, 2.45) is 11.8 Å². The molecule has 0 aromatic rings. The van der Waals surface area contributed by atoms with Gasteiger partial charge in [0.25, 0.3) is 0 Å². The summed E-state index contributed by atoms with van der Waals surface area (Å²) in [5.74, 6) is 1.37. The SMILES string of the molecule is CCOC(=O)N1CC2CCC1CC2N1CC(CC(=O)N(CC)CC)C1. The number of amides is 2. The molecule has 0 aromatic carbocycles. The molecule has 1 aliphatic carbocycles. The summed E-state index contributed by atoms with van der Waals surface area (Å²) in [5.41, 5.74) is 0. The van der Waals surface area contributed by atoms with E-state index in [1.807, 2.05) is 30.6 Å². The highest BCUT2D eigenvalue weighted by Crippen LogP contribution is 2.40. The van der Waals surface area contributed by atoms with E-state index in [1.54, 1.807) is 0 Å². The number of rotatable bonds is 6. The van der Waals surface area contributed by atoms with Crippen LogP contribution in [-0.2, 0) is 9.53 Å². The molecule has 0 radical (unpaired) electrons. The van der Waals surface area contributed by atoms with E-state index in [2.05, 4.69) is 4.90 Å². The molecule has 0 N–H and O–H groups in total. The van der Waals surface area contributed by atoms with Crippen LogP contribution in [0.2, 0.25) is 0 Å². The van der Waals surface area contributed by atoms with Crippen LogP contribution in [0.1, 0.15) is 46.5 Å². The zero-order valence-electron chi connectivity index (χ0n) is 15.9. The van der Waals surface area contributed by atoms with Gasteiger partial charge in [0, 0.05) is 51.2 Å². The number of carbonyl (C=O) groups is 2. The minimum Gasteiger partial charge on any atom is -0.450 e. The van der Waals surface area contributed by atoms with E-state index in [-0.39, 0.29) is 6.09 Å². The number of hydrogen-bond acceptors (Lipinski definition) is 4. The van der Waals surface area contributed by atoms with Crippen molar-refractivity contribution in [3.63, 3.8) is 0 Å². The first-order chi connectivity index (χ1) is 12.1. The largest absolute Gasteiger partial charge is 0.450 e. The fourth-order valence-corrected chi connectivity index (χ4v) is 4.92. The van der Waals surface area contributed by atoms with Crippen LogP contribution >= 0.6 is 0 Å². The van der Waals surface area contributed by atoms with Gasteiger partial charge in [0.1, 0.15) is 0 Å². The van der Waals surface area contributed by atoms with E-state index in [9.17, 15) is 9.59 Å². The average molecular weight is 351 g/mol. The van der Waals surface area contributed by atoms with Crippen molar-refractivity contribution < 1.29 is 14.3 Å². The molecule has 4 fully saturated rings. The smallest absolute Gasteiger partial charge is 0.410 e. The number of piperidine rings is 2. The summed E-state index contributed by atoms with van der Waals surface area (Å²) in [6, 6.07) is 0.926. The van der Waals surface area contributed by atoms with Crippen LogP contribution in [0.4, 0.5) is 4.79 Å². The number of fused-ring (bicyclic) bond motifs is 3. The van der Waals surface area contributed by atoms with E-state index in [0.717, 1.165) is 45.6 Å². The van der Waals surface area contributed by atoms with Gasteiger partial charge in [-0.2, -0.15) is 0 Å². The van der Waals surface area contributed by atoms with Crippen molar-refractivity contribution in [3.05, 3.63) is 0 Å². The minimum atomic E-state index is -0.137. The molecular weight excluding hydrogens is 318 g/mol. The quantitative estimate of drug-likeness (QED) is 0.736. The first-order valence-electron chi connectivity index (χ1n) is 10.0. The zero-order valence-corrected chi connectivity index (χ0v) is 15.9. The van der Waals surface area contributed by atoms with Crippen LogP contribution in [0.5, 0.6) is 0 Å². The van der Waals surface area contributed by atoms with Crippen LogP contribution in [0.15, 0.2) is 0 Å².